The highest BCUT2D eigenvalue weighted by atomic mass is 14.6. The second kappa shape index (κ2) is 7.73. The first-order chi connectivity index (χ1) is 5.77. The van der Waals surface area contributed by atoms with Gasteiger partial charge in [0.05, 0.1) is 0 Å². The van der Waals surface area contributed by atoms with E-state index in [0.29, 0.717) is 0 Å². The molecule has 0 aromatic carbocycles. The van der Waals surface area contributed by atoms with Crippen LogP contribution in [0.3, 0.4) is 0 Å². The molecule has 0 aliphatic rings. The summed E-state index contributed by atoms with van der Waals surface area (Å²) in [7, 11) is 1.75. The van der Waals surface area contributed by atoms with Crippen molar-refractivity contribution in [3.05, 3.63) is 48.6 Å². The first-order valence-corrected chi connectivity index (χ1v) is 3.85. The van der Waals surface area contributed by atoms with Crippen LogP contribution in [0, 0.1) is 0 Å². The molecular weight excluding hydrogens is 146 g/mol. The standard InChI is InChI=1S/C11H15N/c1-11(2)9-7-5-4-6-8-10-12-3/h4-10H,1H2,2-3H3/b5-4+,8-6-,9-7+,12-10?. The van der Waals surface area contributed by atoms with E-state index < -0.39 is 0 Å². The summed E-state index contributed by atoms with van der Waals surface area (Å²) in [5, 5.41) is 0. The van der Waals surface area contributed by atoms with Crippen LogP contribution in [-0.4, -0.2) is 13.3 Å². The number of allylic oxidation sites excluding steroid dienone is 7. The summed E-state index contributed by atoms with van der Waals surface area (Å²) in [5.74, 6) is 0. The lowest BCUT2D eigenvalue weighted by molar-refractivity contribution is 1.48. The van der Waals surface area contributed by atoms with Crippen molar-refractivity contribution < 1.29 is 0 Å². The molecule has 0 spiro atoms. The summed E-state index contributed by atoms with van der Waals surface area (Å²) >= 11 is 0. The lowest BCUT2D eigenvalue weighted by atomic mass is 10.3. The van der Waals surface area contributed by atoms with E-state index in [1.54, 1.807) is 13.3 Å². The average Bonchev–Trinajstić information content (AvgIpc) is 2.02. The van der Waals surface area contributed by atoms with Crippen LogP contribution in [-0.2, 0) is 0 Å². The van der Waals surface area contributed by atoms with Gasteiger partial charge in [0.1, 0.15) is 0 Å². The largest absolute Gasteiger partial charge is 0.297 e. The van der Waals surface area contributed by atoms with Gasteiger partial charge in [-0.1, -0.05) is 42.5 Å². The molecule has 0 aliphatic carbocycles. The Morgan fingerprint density at radius 1 is 1.08 bits per heavy atom. The van der Waals surface area contributed by atoms with Gasteiger partial charge in [-0.25, -0.2) is 0 Å². The molecular formula is C11H15N. The summed E-state index contributed by atoms with van der Waals surface area (Å²) < 4.78 is 0. The van der Waals surface area contributed by atoms with Crippen LogP contribution >= 0.6 is 0 Å². The van der Waals surface area contributed by atoms with Crippen molar-refractivity contribution in [1.82, 2.24) is 0 Å². The van der Waals surface area contributed by atoms with Crippen molar-refractivity contribution in [1.29, 1.82) is 0 Å². The average molecular weight is 161 g/mol. The number of nitrogens with zero attached hydrogens (tertiary/aromatic N) is 1. The van der Waals surface area contributed by atoms with Gasteiger partial charge in [0.15, 0.2) is 0 Å². The fraction of sp³-hybridized carbons (Fsp3) is 0.182. The Hall–Kier alpha value is -1.37. The zero-order chi connectivity index (χ0) is 9.23. The molecule has 0 aliphatic heterocycles. The molecule has 0 fully saturated rings. The molecule has 0 aromatic heterocycles. The third kappa shape index (κ3) is 8.63. The maximum absolute atomic E-state index is 3.80. The first kappa shape index (κ1) is 10.6. The zero-order valence-electron chi connectivity index (χ0n) is 7.70. The van der Waals surface area contributed by atoms with Crippen LogP contribution in [0.1, 0.15) is 6.92 Å². The van der Waals surface area contributed by atoms with Gasteiger partial charge in [0.25, 0.3) is 0 Å². The molecule has 1 nitrogen and oxygen atoms in total. The SMILES string of the molecule is C=C(C)/C=C/C=C/C=C\C=NC. The molecule has 0 heterocycles. The van der Waals surface area contributed by atoms with E-state index in [4.69, 9.17) is 0 Å². The van der Waals surface area contributed by atoms with Crippen LogP contribution < -0.4 is 0 Å². The van der Waals surface area contributed by atoms with Gasteiger partial charge in [0, 0.05) is 13.3 Å². The number of rotatable bonds is 4. The zero-order valence-corrected chi connectivity index (χ0v) is 7.70. The van der Waals surface area contributed by atoms with Gasteiger partial charge < -0.3 is 0 Å². The fourth-order valence-corrected chi connectivity index (χ4v) is 0.548. The van der Waals surface area contributed by atoms with Crippen molar-refractivity contribution in [3.63, 3.8) is 0 Å². The Morgan fingerprint density at radius 2 is 1.67 bits per heavy atom. The van der Waals surface area contributed by atoms with Gasteiger partial charge in [-0.05, 0) is 13.0 Å². The Bertz CT molecular complexity index is 229. The lowest BCUT2D eigenvalue weighted by Gasteiger charge is -1.79. The van der Waals surface area contributed by atoms with Crippen LogP contribution in [0.4, 0.5) is 0 Å². The second-order valence-electron chi connectivity index (χ2n) is 2.38. The summed E-state index contributed by atoms with van der Waals surface area (Å²) in [4.78, 5) is 3.80. The molecule has 12 heavy (non-hydrogen) atoms. The first-order valence-electron chi connectivity index (χ1n) is 3.85. The molecule has 0 amide bonds. The van der Waals surface area contributed by atoms with Crippen molar-refractivity contribution in [2.45, 2.75) is 6.92 Å². The molecule has 0 saturated carbocycles. The van der Waals surface area contributed by atoms with E-state index in [1.165, 1.54) is 0 Å². The maximum Gasteiger partial charge on any atom is 0.0277 e. The van der Waals surface area contributed by atoms with Crippen molar-refractivity contribution in [3.8, 4) is 0 Å². The minimum Gasteiger partial charge on any atom is -0.297 e. The van der Waals surface area contributed by atoms with E-state index in [0.717, 1.165) is 5.57 Å². The van der Waals surface area contributed by atoms with Crippen LogP contribution in [0.15, 0.2) is 53.6 Å². The molecule has 0 N–H and O–H groups in total. The second-order valence-corrected chi connectivity index (χ2v) is 2.38. The molecule has 64 valence electrons. The minimum absolute atomic E-state index is 1.05. The van der Waals surface area contributed by atoms with Gasteiger partial charge in [-0.15, -0.1) is 0 Å². The third-order valence-corrected chi connectivity index (χ3v) is 1.06. The Labute approximate surface area is 74.5 Å². The maximum atomic E-state index is 3.80. The van der Waals surface area contributed by atoms with E-state index in [9.17, 15) is 0 Å². The monoisotopic (exact) mass is 161 g/mol. The van der Waals surface area contributed by atoms with Crippen LogP contribution in [0.5, 0.6) is 0 Å². The van der Waals surface area contributed by atoms with E-state index >= 15 is 0 Å². The van der Waals surface area contributed by atoms with E-state index in [1.807, 2.05) is 43.4 Å². The number of hydrogen-bond donors (Lipinski definition) is 0. The van der Waals surface area contributed by atoms with Gasteiger partial charge >= 0.3 is 0 Å². The molecule has 0 atom stereocenters. The predicted molar refractivity (Wildman–Crippen MR) is 56.7 cm³/mol. The third-order valence-electron chi connectivity index (χ3n) is 1.06. The topological polar surface area (TPSA) is 12.4 Å². The molecule has 1 heteroatoms. The summed E-state index contributed by atoms with van der Waals surface area (Å²) in [6.07, 6.45) is 13.4. The smallest absolute Gasteiger partial charge is 0.0277 e. The lowest BCUT2D eigenvalue weighted by Crippen LogP contribution is -1.60. The van der Waals surface area contributed by atoms with Gasteiger partial charge in [0.2, 0.25) is 0 Å². The highest BCUT2D eigenvalue weighted by Gasteiger charge is 1.68. The molecule has 0 saturated heterocycles. The predicted octanol–water partition coefficient (Wildman–Crippen LogP) is 2.93. The van der Waals surface area contributed by atoms with Crippen molar-refractivity contribution >= 4 is 6.21 Å². The highest BCUT2D eigenvalue weighted by Crippen LogP contribution is 1.89. The van der Waals surface area contributed by atoms with Crippen LogP contribution in [0.2, 0.25) is 0 Å². The van der Waals surface area contributed by atoms with E-state index in [-0.39, 0.29) is 0 Å². The molecule has 0 unspecified atom stereocenters. The van der Waals surface area contributed by atoms with Gasteiger partial charge in [-0.2, -0.15) is 0 Å². The fourth-order valence-electron chi connectivity index (χ4n) is 0.548. The molecule has 0 radical (unpaired) electrons. The Balaban J connectivity index is 3.70. The van der Waals surface area contributed by atoms with Crippen molar-refractivity contribution in [2.75, 3.05) is 7.05 Å². The molecule has 0 bridgehead atoms. The highest BCUT2D eigenvalue weighted by molar-refractivity contribution is 5.71. The minimum atomic E-state index is 1.05. The number of hydrogen-bond acceptors (Lipinski definition) is 1. The summed E-state index contributed by atoms with van der Waals surface area (Å²) in [6, 6.07) is 0. The summed E-state index contributed by atoms with van der Waals surface area (Å²) in [6.45, 7) is 5.70. The van der Waals surface area contributed by atoms with Crippen molar-refractivity contribution in [2.24, 2.45) is 4.99 Å². The number of aliphatic imine (C=N–C) groups is 1. The molecule has 0 rings (SSSR count). The van der Waals surface area contributed by atoms with Gasteiger partial charge in [-0.3, -0.25) is 4.99 Å². The Kier molecular flexibility index (Phi) is 6.85. The molecule has 0 aromatic rings. The van der Waals surface area contributed by atoms with E-state index in [2.05, 4.69) is 11.6 Å². The normalized spacial score (nSPS) is 12.8. The Morgan fingerprint density at radius 3 is 2.25 bits per heavy atom. The van der Waals surface area contributed by atoms with Crippen LogP contribution in [0.25, 0.3) is 0 Å². The quantitative estimate of drug-likeness (QED) is 0.444. The summed E-state index contributed by atoms with van der Waals surface area (Å²) in [5.41, 5.74) is 1.05.